The molecule has 0 saturated heterocycles. The molecule has 0 aromatic heterocycles. The maximum Gasteiger partial charge on any atom is 0.233 e. The number of sulfonamides is 1. The Morgan fingerprint density at radius 3 is 2.74 bits per heavy atom. The molecule has 19 heavy (non-hydrogen) atoms. The number of aryl methyl sites for hydroxylation is 1. The van der Waals surface area contributed by atoms with E-state index in [1.807, 2.05) is 19.1 Å². The first kappa shape index (κ1) is 14.8. The zero-order chi connectivity index (χ0) is 13.9. The maximum atomic E-state index is 12.0. The Hall–Kier alpha value is -0.590. The molecular weight excluding hydrogens is 328 g/mol. The molecule has 1 aromatic rings. The van der Waals surface area contributed by atoms with E-state index in [1.54, 1.807) is 6.07 Å². The number of rotatable bonds is 7. The van der Waals surface area contributed by atoms with E-state index >= 15 is 0 Å². The number of nitrogens with one attached hydrogen (secondary N) is 2. The van der Waals surface area contributed by atoms with E-state index in [0.29, 0.717) is 18.3 Å². The zero-order valence-corrected chi connectivity index (χ0v) is 13.4. The molecule has 0 radical (unpaired) electrons. The number of halogens is 1. The van der Waals surface area contributed by atoms with Crippen molar-refractivity contribution in [2.45, 2.75) is 32.2 Å². The molecule has 2 rings (SSSR count). The molecule has 0 aliphatic heterocycles. The summed E-state index contributed by atoms with van der Waals surface area (Å²) in [7, 11) is -3.28. The number of hydrogen-bond acceptors (Lipinski definition) is 3. The minimum atomic E-state index is -3.28. The van der Waals surface area contributed by atoms with Gasteiger partial charge < -0.3 is 5.32 Å². The normalized spacial score (nSPS) is 15.5. The van der Waals surface area contributed by atoms with Crippen LogP contribution in [-0.4, -0.2) is 26.8 Å². The Labute approximate surface area is 123 Å². The van der Waals surface area contributed by atoms with E-state index < -0.39 is 10.0 Å². The summed E-state index contributed by atoms with van der Waals surface area (Å²) in [5.74, 6) is 0.114. The fourth-order valence-electron chi connectivity index (χ4n) is 1.86. The average Bonchev–Trinajstić information content (AvgIpc) is 3.15. The molecule has 1 aliphatic carbocycles. The minimum Gasteiger partial charge on any atom is -0.313 e. The number of hydrogen-bond donors (Lipinski definition) is 2. The quantitative estimate of drug-likeness (QED) is 0.797. The van der Waals surface area contributed by atoms with Crippen molar-refractivity contribution in [3.63, 3.8) is 0 Å². The van der Waals surface area contributed by atoms with E-state index in [-0.39, 0.29) is 5.75 Å². The summed E-state index contributed by atoms with van der Waals surface area (Å²) in [6, 6.07) is 6.13. The van der Waals surface area contributed by atoms with Gasteiger partial charge in [-0.25, -0.2) is 8.42 Å². The summed E-state index contributed by atoms with van der Waals surface area (Å²) < 4.78 is 27.6. The second kappa shape index (κ2) is 6.24. The standard InChI is InChI=1S/C13H19BrN2O2S/c1-2-10-9-11(14)3-6-13(10)16-19(17,18)8-7-15-12-4-5-12/h3,6,9,12,15-16H,2,4-5,7-8H2,1H3. The minimum absolute atomic E-state index is 0.114. The molecule has 1 fully saturated rings. The van der Waals surface area contributed by atoms with Crippen LogP contribution in [0.4, 0.5) is 5.69 Å². The van der Waals surface area contributed by atoms with Gasteiger partial charge in [0.25, 0.3) is 0 Å². The molecule has 106 valence electrons. The third kappa shape index (κ3) is 4.78. The first-order valence-corrected chi connectivity index (χ1v) is 8.97. The van der Waals surface area contributed by atoms with E-state index in [2.05, 4.69) is 26.0 Å². The molecule has 1 aromatic carbocycles. The first-order chi connectivity index (χ1) is 9.00. The second-order valence-corrected chi connectivity index (χ2v) is 7.56. The first-order valence-electron chi connectivity index (χ1n) is 6.52. The largest absolute Gasteiger partial charge is 0.313 e. The van der Waals surface area contributed by atoms with Crippen molar-refractivity contribution in [1.82, 2.24) is 5.32 Å². The average molecular weight is 347 g/mol. The SMILES string of the molecule is CCc1cc(Br)ccc1NS(=O)(=O)CCNC1CC1. The van der Waals surface area contributed by atoms with E-state index in [4.69, 9.17) is 0 Å². The van der Waals surface area contributed by atoms with Gasteiger partial charge in [0.05, 0.1) is 11.4 Å². The molecule has 0 atom stereocenters. The van der Waals surface area contributed by atoms with Gasteiger partial charge in [-0.05, 0) is 43.0 Å². The fourth-order valence-corrected chi connectivity index (χ4v) is 3.29. The molecule has 0 spiro atoms. The molecule has 0 bridgehead atoms. The van der Waals surface area contributed by atoms with Gasteiger partial charge in [-0.3, -0.25) is 4.72 Å². The summed E-state index contributed by atoms with van der Waals surface area (Å²) in [6.45, 7) is 2.52. The lowest BCUT2D eigenvalue weighted by Crippen LogP contribution is -2.28. The molecular formula is C13H19BrN2O2S. The predicted octanol–water partition coefficient (Wildman–Crippen LogP) is 2.51. The third-order valence-electron chi connectivity index (χ3n) is 3.09. The van der Waals surface area contributed by atoms with Crippen molar-refractivity contribution in [2.75, 3.05) is 17.0 Å². The van der Waals surface area contributed by atoms with Crippen LogP contribution in [0.25, 0.3) is 0 Å². The van der Waals surface area contributed by atoms with E-state index in [9.17, 15) is 8.42 Å². The summed E-state index contributed by atoms with van der Waals surface area (Å²) in [5.41, 5.74) is 1.67. The lowest BCUT2D eigenvalue weighted by Gasteiger charge is -2.12. The topological polar surface area (TPSA) is 58.2 Å². The Bertz CT molecular complexity index is 542. The zero-order valence-electron chi connectivity index (χ0n) is 10.9. The lowest BCUT2D eigenvalue weighted by molar-refractivity contribution is 0.595. The van der Waals surface area contributed by atoms with Crippen molar-refractivity contribution in [2.24, 2.45) is 0 Å². The van der Waals surface area contributed by atoms with Crippen LogP contribution < -0.4 is 10.0 Å². The second-order valence-electron chi connectivity index (χ2n) is 4.80. The van der Waals surface area contributed by atoms with Crippen LogP contribution in [0.3, 0.4) is 0 Å². The molecule has 6 heteroatoms. The van der Waals surface area contributed by atoms with Crippen LogP contribution in [-0.2, 0) is 16.4 Å². The highest BCUT2D eigenvalue weighted by molar-refractivity contribution is 9.10. The van der Waals surface area contributed by atoms with Crippen LogP contribution >= 0.6 is 15.9 Å². The lowest BCUT2D eigenvalue weighted by atomic mass is 10.1. The smallest absolute Gasteiger partial charge is 0.233 e. The van der Waals surface area contributed by atoms with Gasteiger partial charge in [0.15, 0.2) is 0 Å². The fraction of sp³-hybridized carbons (Fsp3) is 0.538. The van der Waals surface area contributed by atoms with Gasteiger partial charge in [0, 0.05) is 17.1 Å². The van der Waals surface area contributed by atoms with Crippen LogP contribution in [0, 0.1) is 0 Å². The number of benzene rings is 1. The van der Waals surface area contributed by atoms with Crippen molar-refractivity contribution >= 4 is 31.6 Å². The van der Waals surface area contributed by atoms with Crippen LogP contribution in [0.1, 0.15) is 25.3 Å². The van der Waals surface area contributed by atoms with Gasteiger partial charge >= 0.3 is 0 Å². The Balaban J connectivity index is 1.97. The van der Waals surface area contributed by atoms with Crippen LogP contribution in [0.2, 0.25) is 0 Å². The predicted molar refractivity (Wildman–Crippen MR) is 82.0 cm³/mol. The van der Waals surface area contributed by atoms with Crippen LogP contribution in [0.15, 0.2) is 22.7 Å². The molecule has 0 unspecified atom stereocenters. The number of anilines is 1. The monoisotopic (exact) mass is 346 g/mol. The van der Waals surface area contributed by atoms with E-state index in [0.717, 1.165) is 16.5 Å². The highest BCUT2D eigenvalue weighted by Crippen LogP contribution is 2.22. The summed E-state index contributed by atoms with van der Waals surface area (Å²) in [5, 5.41) is 3.21. The van der Waals surface area contributed by atoms with Crippen molar-refractivity contribution < 1.29 is 8.42 Å². The third-order valence-corrected chi connectivity index (χ3v) is 4.86. The van der Waals surface area contributed by atoms with Crippen molar-refractivity contribution in [3.05, 3.63) is 28.2 Å². The van der Waals surface area contributed by atoms with Gasteiger partial charge in [0.2, 0.25) is 10.0 Å². The summed E-state index contributed by atoms with van der Waals surface area (Å²) in [6.07, 6.45) is 3.12. The molecule has 0 heterocycles. The molecule has 0 amide bonds. The highest BCUT2D eigenvalue weighted by Gasteiger charge is 2.21. The Kier molecular flexibility index (Phi) is 4.86. The Morgan fingerprint density at radius 2 is 2.11 bits per heavy atom. The van der Waals surface area contributed by atoms with Gasteiger partial charge in [-0.2, -0.15) is 0 Å². The van der Waals surface area contributed by atoms with Crippen molar-refractivity contribution in [1.29, 1.82) is 0 Å². The van der Waals surface area contributed by atoms with Crippen molar-refractivity contribution in [3.8, 4) is 0 Å². The van der Waals surface area contributed by atoms with Gasteiger partial charge in [-0.1, -0.05) is 22.9 Å². The molecule has 2 N–H and O–H groups in total. The summed E-state index contributed by atoms with van der Waals surface area (Å²) >= 11 is 3.39. The maximum absolute atomic E-state index is 12.0. The van der Waals surface area contributed by atoms with E-state index in [1.165, 1.54) is 12.8 Å². The van der Waals surface area contributed by atoms with Gasteiger partial charge in [-0.15, -0.1) is 0 Å². The Morgan fingerprint density at radius 1 is 1.37 bits per heavy atom. The van der Waals surface area contributed by atoms with Gasteiger partial charge in [0.1, 0.15) is 0 Å². The molecule has 1 saturated carbocycles. The molecule has 1 aliphatic rings. The van der Waals surface area contributed by atoms with Crippen LogP contribution in [0.5, 0.6) is 0 Å². The molecule has 4 nitrogen and oxygen atoms in total. The summed E-state index contributed by atoms with van der Waals surface area (Å²) in [4.78, 5) is 0. The highest BCUT2D eigenvalue weighted by atomic mass is 79.9.